The Morgan fingerprint density at radius 3 is 2.61 bits per heavy atom. The molecule has 0 bridgehead atoms. The Morgan fingerprint density at radius 1 is 1.11 bits per heavy atom. The number of rotatable bonds is 5. The number of halogens is 1. The van der Waals surface area contributed by atoms with E-state index in [0.717, 1.165) is 23.5 Å². The Hall–Kier alpha value is -2.10. The third-order valence-electron chi connectivity index (χ3n) is 2.50. The molecular formula is C14H16FN3. The first-order valence-electron chi connectivity index (χ1n) is 5.95. The van der Waals surface area contributed by atoms with Gasteiger partial charge in [0, 0.05) is 13.1 Å². The Kier molecular flexibility index (Phi) is 4.12. The van der Waals surface area contributed by atoms with Crippen molar-refractivity contribution in [1.82, 2.24) is 4.98 Å². The van der Waals surface area contributed by atoms with Crippen LogP contribution in [0.5, 0.6) is 0 Å². The Morgan fingerprint density at radius 2 is 1.89 bits per heavy atom. The van der Waals surface area contributed by atoms with Gasteiger partial charge in [-0.15, -0.1) is 0 Å². The SMILES string of the molecule is CCNc1cncc(NCc2cccc(F)c2)c1. The lowest BCUT2D eigenvalue weighted by Gasteiger charge is -2.08. The van der Waals surface area contributed by atoms with Crippen LogP contribution < -0.4 is 10.6 Å². The van der Waals surface area contributed by atoms with Crippen molar-refractivity contribution in [2.75, 3.05) is 17.2 Å². The van der Waals surface area contributed by atoms with Crippen LogP contribution in [-0.2, 0) is 6.54 Å². The molecule has 0 aliphatic carbocycles. The van der Waals surface area contributed by atoms with Crippen molar-refractivity contribution < 1.29 is 4.39 Å². The van der Waals surface area contributed by atoms with E-state index >= 15 is 0 Å². The molecule has 94 valence electrons. The molecule has 0 atom stereocenters. The molecule has 0 spiro atoms. The largest absolute Gasteiger partial charge is 0.384 e. The van der Waals surface area contributed by atoms with Crippen molar-refractivity contribution in [2.45, 2.75) is 13.5 Å². The van der Waals surface area contributed by atoms with Gasteiger partial charge in [-0.25, -0.2) is 4.39 Å². The smallest absolute Gasteiger partial charge is 0.123 e. The van der Waals surface area contributed by atoms with Crippen molar-refractivity contribution in [3.05, 3.63) is 54.1 Å². The first kappa shape index (κ1) is 12.4. The fourth-order valence-corrected chi connectivity index (χ4v) is 1.69. The molecule has 1 heterocycles. The van der Waals surface area contributed by atoms with Gasteiger partial charge in [0.05, 0.1) is 23.8 Å². The van der Waals surface area contributed by atoms with E-state index in [4.69, 9.17) is 0 Å². The molecule has 0 fully saturated rings. The first-order chi connectivity index (χ1) is 8.78. The van der Waals surface area contributed by atoms with E-state index in [-0.39, 0.29) is 5.82 Å². The molecule has 0 saturated carbocycles. The van der Waals surface area contributed by atoms with Gasteiger partial charge in [-0.3, -0.25) is 4.98 Å². The van der Waals surface area contributed by atoms with Crippen LogP contribution in [0.25, 0.3) is 0 Å². The van der Waals surface area contributed by atoms with E-state index < -0.39 is 0 Å². The van der Waals surface area contributed by atoms with Crippen LogP contribution in [0.2, 0.25) is 0 Å². The van der Waals surface area contributed by atoms with E-state index in [2.05, 4.69) is 15.6 Å². The van der Waals surface area contributed by atoms with Crippen LogP contribution in [0.3, 0.4) is 0 Å². The summed E-state index contributed by atoms with van der Waals surface area (Å²) in [6.45, 7) is 3.47. The molecule has 0 aliphatic heterocycles. The molecular weight excluding hydrogens is 229 g/mol. The topological polar surface area (TPSA) is 37.0 Å². The first-order valence-corrected chi connectivity index (χ1v) is 5.95. The predicted molar refractivity (Wildman–Crippen MR) is 72.1 cm³/mol. The van der Waals surface area contributed by atoms with E-state index in [9.17, 15) is 4.39 Å². The summed E-state index contributed by atoms with van der Waals surface area (Å²) in [4.78, 5) is 4.13. The Bertz CT molecular complexity index is 514. The number of hydrogen-bond acceptors (Lipinski definition) is 3. The highest BCUT2D eigenvalue weighted by Crippen LogP contribution is 2.14. The second kappa shape index (κ2) is 6.00. The summed E-state index contributed by atoms with van der Waals surface area (Å²) in [6.07, 6.45) is 3.52. The second-order valence-corrected chi connectivity index (χ2v) is 3.98. The maximum absolute atomic E-state index is 13.0. The minimum Gasteiger partial charge on any atom is -0.384 e. The molecule has 2 aromatic rings. The van der Waals surface area contributed by atoms with Gasteiger partial charge in [0.2, 0.25) is 0 Å². The number of nitrogens with one attached hydrogen (secondary N) is 2. The zero-order valence-electron chi connectivity index (χ0n) is 10.3. The monoisotopic (exact) mass is 245 g/mol. The van der Waals surface area contributed by atoms with Gasteiger partial charge in [-0.05, 0) is 30.7 Å². The van der Waals surface area contributed by atoms with Crippen molar-refractivity contribution in [2.24, 2.45) is 0 Å². The summed E-state index contributed by atoms with van der Waals surface area (Å²) in [5, 5.41) is 6.41. The molecule has 0 unspecified atom stereocenters. The molecule has 2 N–H and O–H groups in total. The molecule has 0 radical (unpaired) electrons. The minimum absolute atomic E-state index is 0.214. The molecule has 1 aromatic heterocycles. The lowest BCUT2D eigenvalue weighted by molar-refractivity contribution is 0.626. The Labute approximate surface area is 106 Å². The van der Waals surface area contributed by atoms with Crippen molar-refractivity contribution in [3.63, 3.8) is 0 Å². The van der Waals surface area contributed by atoms with Crippen molar-refractivity contribution >= 4 is 11.4 Å². The van der Waals surface area contributed by atoms with Crippen molar-refractivity contribution in [1.29, 1.82) is 0 Å². The highest BCUT2D eigenvalue weighted by molar-refractivity contribution is 5.54. The summed E-state index contributed by atoms with van der Waals surface area (Å²) in [7, 11) is 0. The molecule has 0 amide bonds. The standard InChI is InChI=1S/C14H16FN3/c1-2-17-13-7-14(10-16-9-13)18-8-11-4-3-5-12(15)6-11/h3-7,9-10,17-18H,2,8H2,1H3. The summed E-state index contributed by atoms with van der Waals surface area (Å²) < 4.78 is 13.0. The molecule has 0 saturated heterocycles. The fraction of sp³-hybridized carbons (Fsp3) is 0.214. The highest BCUT2D eigenvalue weighted by Gasteiger charge is 1.98. The van der Waals surface area contributed by atoms with E-state index in [1.165, 1.54) is 12.1 Å². The zero-order valence-corrected chi connectivity index (χ0v) is 10.3. The number of pyridine rings is 1. The average Bonchev–Trinajstić information content (AvgIpc) is 2.37. The van der Waals surface area contributed by atoms with Gasteiger partial charge >= 0.3 is 0 Å². The van der Waals surface area contributed by atoms with Gasteiger partial charge in [-0.2, -0.15) is 0 Å². The van der Waals surface area contributed by atoms with Crippen LogP contribution >= 0.6 is 0 Å². The molecule has 2 rings (SSSR count). The maximum Gasteiger partial charge on any atom is 0.123 e. The van der Waals surface area contributed by atoms with Crippen LogP contribution in [0.1, 0.15) is 12.5 Å². The molecule has 0 aliphatic rings. The third-order valence-corrected chi connectivity index (χ3v) is 2.50. The quantitative estimate of drug-likeness (QED) is 0.849. The molecule has 18 heavy (non-hydrogen) atoms. The molecule has 3 nitrogen and oxygen atoms in total. The van der Waals surface area contributed by atoms with Crippen LogP contribution in [0.4, 0.5) is 15.8 Å². The predicted octanol–water partition coefficient (Wildman–Crippen LogP) is 3.26. The zero-order chi connectivity index (χ0) is 12.8. The summed E-state index contributed by atoms with van der Waals surface area (Å²) in [5.41, 5.74) is 2.79. The van der Waals surface area contributed by atoms with Gasteiger partial charge < -0.3 is 10.6 Å². The van der Waals surface area contributed by atoms with Crippen molar-refractivity contribution in [3.8, 4) is 0 Å². The van der Waals surface area contributed by atoms with E-state index in [0.29, 0.717) is 6.54 Å². The minimum atomic E-state index is -0.214. The highest BCUT2D eigenvalue weighted by atomic mass is 19.1. The third kappa shape index (κ3) is 3.45. The maximum atomic E-state index is 13.0. The molecule has 4 heteroatoms. The summed E-state index contributed by atoms with van der Waals surface area (Å²) in [5.74, 6) is -0.214. The summed E-state index contributed by atoms with van der Waals surface area (Å²) >= 11 is 0. The number of aromatic nitrogens is 1. The van der Waals surface area contributed by atoms with Gasteiger partial charge in [0.1, 0.15) is 5.82 Å². The van der Waals surface area contributed by atoms with Crippen LogP contribution in [-0.4, -0.2) is 11.5 Å². The van der Waals surface area contributed by atoms with E-state index in [1.54, 1.807) is 18.5 Å². The second-order valence-electron chi connectivity index (χ2n) is 3.98. The fourth-order valence-electron chi connectivity index (χ4n) is 1.69. The lowest BCUT2D eigenvalue weighted by atomic mass is 10.2. The van der Waals surface area contributed by atoms with Gasteiger partial charge in [0.25, 0.3) is 0 Å². The average molecular weight is 245 g/mol. The van der Waals surface area contributed by atoms with E-state index in [1.807, 2.05) is 19.1 Å². The van der Waals surface area contributed by atoms with Gasteiger partial charge in [-0.1, -0.05) is 12.1 Å². The van der Waals surface area contributed by atoms with Gasteiger partial charge in [0.15, 0.2) is 0 Å². The number of nitrogens with zero attached hydrogens (tertiary/aromatic N) is 1. The number of benzene rings is 1. The van der Waals surface area contributed by atoms with Crippen LogP contribution in [0.15, 0.2) is 42.7 Å². The summed E-state index contributed by atoms with van der Waals surface area (Å²) in [6, 6.07) is 8.54. The lowest BCUT2D eigenvalue weighted by Crippen LogP contribution is -2.02. The number of hydrogen-bond donors (Lipinski definition) is 2. The van der Waals surface area contributed by atoms with Crippen LogP contribution in [0, 0.1) is 5.82 Å². The normalized spacial score (nSPS) is 10.1. The number of anilines is 2. The molecule has 1 aromatic carbocycles. The Balaban J connectivity index is 1.99.